The van der Waals surface area contributed by atoms with Crippen molar-refractivity contribution < 1.29 is 10.2 Å². The third kappa shape index (κ3) is 3.15. The Hall–Kier alpha value is -0.860. The van der Waals surface area contributed by atoms with E-state index < -0.39 is 12.2 Å². The predicted octanol–water partition coefficient (Wildman–Crippen LogP) is 4.78. The van der Waals surface area contributed by atoms with E-state index in [0.29, 0.717) is 23.8 Å². The molecule has 5 atom stereocenters. The third-order valence-corrected chi connectivity index (χ3v) is 7.14. The van der Waals surface area contributed by atoms with E-state index in [4.69, 9.17) is 0 Å². The van der Waals surface area contributed by atoms with Gasteiger partial charge in [-0.2, -0.15) is 0 Å². The molecular weight excluding hydrogens is 296 g/mol. The normalized spacial score (nSPS) is 43.7. The number of rotatable bonds is 2. The van der Waals surface area contributed by atoms with Crippen molar-refractivity contribution in [2.45, 2.75) is 77.9 Å². The summed E-state index contributed by atoms with van der Waals surface area (Å²) in [6, 6.07) is 0. The highest BCUT2D eigenvalue weighted by Crippen LogP contribution is 2.59. The Labute approximate surface area is 147 Å². The summed E-state index contributed by atoms with van der Waals surface area (Å²) in [7, 11) is 0. The van der Waals surface area contributed by atoms with E-state index in [9.17, 15) is 10.2 Å². The second-order valence-corrected chi connectivity index (χ2v) is 8.92. The Bertz CT molecular complexity index is 540. The molecule has 0 aromatic carbocycles. The monoisotopic (exact) mass is 330 g/mol. The van der Waals surface area contributed by atoms with Crippen molar-refractivity contribution in [3.63, 3.8) is 0 Å². The van der Waals surface area contributed by atoms with E-state index in [1.807, 2.05) is 0 Å². The lowest BCUT2D eigenvalue weighted by atomic mass is 9.61. The highest BCUT2D eigenvalue weighted by molar-refractivity contribution is 5.29. The number of fused-ring (bicyclic) bond motifs is 1. The minimum atomic E-state index is -0.591. The molecule has 3 aliphatic rings. The molecule has 0 amide bonds. The Balaban J connectivity index is 1.78. The fraction of sp³-hybridized carbons (Fsp3) is 0.727. The Morgan fingerprint density at radius 2 is 1.79 bits per heavy atom. The van der Waals surface area contributed by atoms with Gasteiger partial charge in [-0.05, 0) is 73.7 Å². The van der Waals surface area contributed by atoms with E-state index in [1.165, 1.54) is 32.1 Å². The summed E-state index contributed by atoms with van der Waals surface area (Å²) in [5, 5.41) is 20.0. The lowest BCUT2D eigenvalue weighted by Gasteiger charge is -2.43. The molecule has 2 nitrogen and oxygen atoms in total. The number of hydrogen-bond donors (Lipinski definition) is 2. The molecule has 3 unspecified atom stereocenters. The number of aliphatic hydroxyl groups is 2. The average Bonchev–Trinajstić information content (AvgIpc) is 2.88. The van der Waals surface area contributed by atoms with Crippen LogP contribution in [-0.2, 0) is 0 Å². The summed E-state index contributed by atoms with van der Waals surface area (Å²) in [5.41, 5.74) is 3.80. The van der Waals surface area contributed by atoms with Crippen molar-refractivity contribution in [3.8, 4) is 0 Å². The number of allylic oxidation sites excluding steroid dienone is 3. The fourth-order valence-electron chi connectivity index (χ4n) is 5.80. The summed E-state index contributed by atoms with van der Waals surface area (Å²) in [4.78, 5) is 0. The zero-order chi connectivity index (χ0) is 17.5. The first-order chi connectivity index (χ1) is 11.3. The highest BCUT2D eigenvalue weighted by Gasteiger charge is 2.49. The van der Waals surface area contributed by atoms with E-state index in [2.05, 4.69) is 39.5 Å². The Morgan fingerprint density at radius 3 is 2.42 bits per heavy atom. The zero-order valence-electron chi connectivity index (χ0n) is 15.6. The molecule has 3 rings (SSSR count). The third-order valence-electron chi connectivity index (χ3n) is 7.14. The van der Waals surface area contributed by atoms with Crippen LogP contribution in [0.3, 0.4) is 0 Å². The van der Waals surface area contributed by atoms with Gasteiger partial charge in [0.15, 0.2) is 0 Å². The van der Waals surface area contributed by atoms with Gasteiger partial charge in [0.05, 0.1) is 12.2 Å². The largest absolute Gasteiger partial charge is 0.388 e. The molecule has 0 spiro atoms. The summed E-state index contributed by atoms with van der Waals surface area (Å²) < 4.78 is 0. The molecule has 0 aliphatic heterocycles. The smallest absolute Gasteiger partial charge is 0.0809 e. The van der Waals surface area contributed by atoms with Crippen molar-refractivity contribution in [2.24, 2.45) is 23.2 Å². The van der Waals surface area contributed by atoms with E-state index in [1.54, 1.807) is 5.57 Å². The average molecular weight is 331 g/mol. The predicted molar refractivity (Wildman–Crippen MR) is 99.6 cm³/mol. The van der Waals surface area contributed by atoms with E-state index >= 15 is 0 Å². The zero-order valence-corrected chi connectivity index (χ0v) is 15.6. The molecule has 0 aromatic heterocycles. The van der Waals surface area contributed by atoms with Gasteiger partial charge in [0.25, 0.3) is 0 Å². The quantitative estimate of drug-likeness (QED) is 0.715. The van der Waals surface area contributed by atoms with Crippen LogP contribution >= 0.6 is 0 Å². The highest BCUT2D eigenvalue weighted by atomic mass is 16.3. The van der Waals surface area contributed by atoms with Gasteiger partial charge in [-0.3, -0.25) is 0 Å². The minimum Gasteiger partial charge on any atom is -0.388 e. The van der Waals surface area contributed by atoms with Gasteiger partial charge in [-0.25, -0.2) is 0 Å². The maximum absolute atomic E-state index is 10.0. The Morgan fingerprint density at radius 1 is 1.12 bits per heavy atom. The molecule has 3 aliphatic carbocycles. The molecule has 2 N–H and O–H groups in total. The molecular formula is C22H34O2. The molecule has 0 radical (unpaired) electrons. The number of aliphatic hydroxyl groups excluding tert-OH is 2. The van der Waals surface area contributed by atoms with Crippen LogP contribution in [-0.4, -0.2) is 22.4 Å². The van der Waals surface area contributed by atoms with Crippen LogP contribution in [0.4, 0.5) is 0 Å². The van der Waals surface area contributed by atoms with E-state index in [0.717, 1.165) is 23.3 Å². The molecule has 0 aromatic rings. The van der Waals surface area contributed by atoms with Gasteiger partial charge in [-0.15, -0.1) is 0 Å². The van der Waals surface area contributed by atoms with Gasteiger partial charge in [0.2, 0.25) is 0 Å². The molecule has 3 fully saturated rings. The maximum Gasteiger partial charge on any atom is 0.0809 e. The SMILES string of the molecule is C=C1C(O)CC(=CC=C2CCC[C@@]3(C)C2CCC3C(C)C)C[C@H]1O. The molecule has 0 heterocycles. The van der Waals surface area contributed by atoms with Crippen LogP contribution < -0.4 is 0 Å². The summed E-state index contributed by atoms with van der Waals surface area (Å²) in [5.74, 6) is 2.34. The van der Waals surface area contributed by atoms with Crippen molar-refractivity contribution in [3.05, 3.63) is 35.5 Å². The molecule has 2 heteroatoms. The Kier molecular flexibility index (Phi) is 5.09. The van der Waals surface area contributed by atoms with Gasteiger partial charge >= 0.3 is 0 Å². The second-order valence-electron chi connectivity index (χ2n) is 8.92. The molecule has 134 valence electrons. The van der Waals surface area contributed by atoms with Gasteiger partial charge in [0, 0.05) is 0 Å². The van der Waals surface area contributed by atoms with Crippen molar-refractivity contribution in [1.29, 1.82) is 0 Å². The van der Waals surface area contributed by atoms with Crippen LogP contribution in [0.15, 0.2) is 35.5 Å². The topological polar surface area (TPSA) is 40.5 Å². The van der Waals surface area contributed by atoms with Gasteiger partial charge in [-0.1, -0.05) is 50.6 Å². The molecule has 3 saturated carbocycles. The lowest BCUT2D eigenvalue weighted by Crippen LogP contribution is -2.35. The first kappa shape index (κ1) is 17.9. The van der Waals surface area contributed by atoms with Crippen LogP contribution in [0.1, 0.15) is 65.7 Å². The minimum absolute atomic E-state index is 0.469. The van der Waals surface area contributed by atoms with Crippen molar-refractivity contribution >= 4 is 0 Å². The van der Waals surface area contributed by atoms with Crippen LogP contribution in [0.2, 0.25) is 0 Å². The maximum atomic E-state index is 10.0. The second kappa shape index (κ2) is 6.80. The van der Waals surface area contributed by atoms with Crippen LogP contribution in [0.5, 0.6) is 0 Å². The molecule has 24 heavy (non-hydrogen) atoms. The van der Waals surface area contributed by atoms with Crippen molar-refractivity contribution in [1.82, 2.24) is 0 Å². The molecule has 0 saturated heterocycles. The summed E-state index contributed by atoms with van der Waals surface area (Å²) >= 11 is 0. The van der Waals surface area contributed by atoms with Crippen molar-refractivity contribution in [2.75, 3.05) is 0 Å². The first-order valence-corrected chi connectivity index (χ1v) is 9.76. The fourth-order valence-corrected chi connectivity index (χ4v) is 5.80. The lowest BCUT2D eigenvalue weighted by molar-refractivity contribution is 0.104. The summed E-state index contributed by atoms with van der Waals surface area (Å²) in [6.45, 7) is 11.1. The standard InChI is InChI=1S/C22H34O2/c1-14(2)18-9-10-19-17(6-5-11-22(18,19)4)8-7-16-12-20(23)15(3)21(24)13-16/h7-8,14,18-21,23-24H,3,5-6,9-13H2,1-2,4H3/t18?,19?,20-,21?,22-/m1/s1. The first-order valence-electron chi connectivity index (χ1n) is 9.76. The summed E-state index contributed by atoms with van der Waals surface area (Å²) in [6.07, 6.45) is 11.1. The molecule has 0 bridgehead atoms. The number of hydrogen-bond acceptors (Lipinski definition) is 2. The van der Waals surface area contributed by atoms with Crippen LogP contribution in [0, 0.1) is 23.2 Å². The van der Waals surface area contributed by atoms with Gasteiger partial charge < -0.3 is 10.2 Å². The van der Waals surface area contributed by atoms with E-state index in [-0.39, 0.29) is 0 Å². The van der Waals surface area contributed by atoms with Gasteiger partial charge in [0.1, 0.15) is 0 Å². The van der Waals surface area contributed by atoms with Crippen LogP contribution in [0.25, 0.3) is 0 Å².